The quantitative estimate of drug-likeness (QED) is 0.418. The number of nitrogens with zero attached hydrogens (tertiary/aromatic N) is 2. The number of benzene rings is 2. The highest BCUT2D eigenvalue weighted by Gasteiger charge is 2.34. The largest absolute Gasteiger partial charge is 0.444 e. The monoisotopic (exact) mass is 532 g/mol. The van der Waals surface area contributed by atoms with Crippen LogP contribution in [-0.2, 0) is 14.8 Å². The fourth-order valence-electron chi connectivity index (χ4n) is 3.74. The van der Waals surface area contributed by atoms with Gasteiger partial charge in [0.2, 0.25) is 0 Å². The first kappa shape index (κ1) is 25.9. The van der Waals surface area contributed by atoms with Gasteiger partial charge in [-0.05, 0) is 82.5 Å². The number of hydrogen-bond acceptors (Lipinski definition) is 4. The molecule has 3 rings (SSSR count). The van der Waals surface area contributed by atoms with Gasteiger partial charge in [0.1, 0.15) is 5.60 Å². The van der Waals surface area contributed by atoms with Crippen LogP contribution in [0.2, 0.25) is 15.1 Å². The topological polar surface area (TPSA) is 66.9 Å². The van der Waals surface area contributed by atoms with E-state index in [1.165, 1.54) is 34.6 Å². The molecule has 1 aliphatic heterocycles. The first-order valence-corrected chi connectivity index (χ1v) is 13.2. The van der Waals surface area contributed by atoms with Gasteiger partial charge in [0.25, 0.3) is 10.0 Å². The molecule has 1 heterocycles. The molecule has 1 atom stereocenters. The Morgan fingerprint density at radius 1 is 1.09 bits per heavy atom. The van der Waals surface area contributed by atoms with Crippen LogP contribution >= 0.6 is 34.8 Å². The fourth-order valence-corrected chi connectivity index (χ4v) is 5.80. The van der Waals surface area contributed by atoms with E-state index in [1.54, 1.807) is 17.0 Å². The summed E-state index contributed by atoms with van der Waals surface area (Å²) in [5.74, 6) is 0. The van der Waals surface area contributed by atoms with E-state index >= 15 is 0 Å². The molecule has 2 aromatic rings. The molecule has 0 N–H and O–H groups in total. The smallest absolute Gasteiger partial charge is 0.410 e. The molecule has 0 saturated carbocycles. The third kappa shape index (κ3) is 6.47. The molecule has 0 radical (unpaired) electrons. The van der Waals surface area contributed by atoms with Crippen molar-refractivity contribution in [1.82, 2.24) is 4.90 Å². The Balaban J connectivity index is 1.90. The van der Waals surface area contributed by atoms with Crippen LogP contribution in [0.25, 0.3) is 0 Å². The van der Waals surface area contributed by atoms with Crippen molar-refractivity contribution in [3.63, 3.8) is 0 Å². The minimum atomic E-state index is -3.97. The third-order valence-electron chi connectivity index (χ3n) is 5.25. The number of carbonyl (C=O) groups excluding carboxylic acids is 1. The van der Waals surface area contributed by atoms with Crippen molar-refractivity contribution in [2.75, 3.05) is 17.4 Å². The third-order valence-corrected chi connectivity index (χ3v) is 7.88. The van der Waals surface area contributed by atoms with E-state index in [-0.39, 0.29) is 28.2 Å². The molecule has 0 aromatic heterocycles. The Labute approximate surface area is 210 Å². The average molecular weight is 534 g/mol. The second-order valence-electron chi connectivity index (χ2n) is 8.89. The Morgan fingerprint density at radius 3 is 2.36 bits per heavy atom. The maximum Gasteiger partial charge on any atom is 0.410 e. The minimum absolute atomic E-state index is 0.0818. The summed E-state index contributed by atoms with van der Waals surface area (Å²) < 4.78 is 34.0. The highest BCUT2D eigenvalue weighted by Crippen LogP contribution is 2.34. The minimum Gasteiger partial charge on any atom is -0.444 e. The Kier molecular flexibility index (Phi) is 8.10. The van der Waals surface area contributed by atoms with Crippen LogP contribution in [0, 0.1) is 0 Å². The lowest BCUT2D eigenvalue weighted by Crippen LogP contribution is -2.42. The van der Waals surface area contributed by atoms with E-state index in [9.17, 15) is 13.2 Å². The number of rotatable bonds is 6. The zero-order valence-electron chi connectivity index (χ0n) is 18.7. The molecule has 1 fully saturated rings. The summed E-state index contributed by atoms with van der Waals surface area (Å²) in [4.78, 5) is 14.4. The van der Waals surface area contributed by atoms with Gasteiger partial charge in [0.05, 0.1) is 15.6 Å². The number of halogens is 3. The lowest BCUT2D eigenvalue weighted by molar-refractivity contribution is 0.0222. The van der Waals surface area contributed by atoms with E-state index in [0.29, 0.717) is 23.0 Å². The van der Waals surface area contributed by atoms with Crippen molar-refractivity contribution >= 4 is 56.6 Å². The van der Waals surface area contributed by atoms with Crippen LogP contribution in [0.15, 0.2) is 47.4 Å². The fraction of sp³-hybridized carbons (Fsp3) is 0.435. The standard InChI is InChI=1S/C23H27Cl3N2O4S/c1-23(2,3)32-22(29)27-13-4-5-18(27)12-14-28(21-15-17(25)8-11-20(21)26)33(30,31)19-9-6-16(24)7-10-19/h6-11,15,18H,4-5,12-14H2,1-3H3/t18-/m0/s1. The van der Waals surface area contributed by atoms with Gasteiger partial charge < -0.3 is 9.64 Å². The van der Waals surface area contributed by atoms with Crippen molar-refractivity contribution in [3.05, 3.63) is 57.5 Å². The predicted molar refractivity (Wildman–Crippen MR) is 133 cm³/mol. The zero-order valence-corrected chi connectivity index (χ0v) is 21.8. The van der Waals surface area contributed by atoms with Crippen molar-refractivity contribution in [1.29, 1.82) is 0 Å². The van der Waals surface area contributed by atoms with Gasteiger partial charge in [-0.3, -0.25) is 4.31 Å². The molecule has 1 aliphatic rings. The van der Waals surface area contributed by atoms with E-state index in [1.807, 2.05) is 20.8 Å². The van der Waals surface area contributed by atoms with E-state index in [0.717, 1.165) is 12.8 Å². The molecule has 2 aromatic carbocycles. The summed E-state index contributed by atoms with van der Waals surface area (Å²) >= 11 is 18.5. The molecular weight excluding hydrogens is 507 g/mol. The first-order valence-electron chi connectivity index (χ1n) is 10.6. The highest BCUT2D eigenvalue weighted by molar-refractivity contribution is 7.92. The number of carbonyl (C=O) groups is 1. The zero-order chi connectivity index (χ0) is 24.4. The number of likely N-dealkylation sites (tertiary alicyclic amines) is 1. The molecule has 180 valence electrons. The lowest BCUT2D eigenvalue weighted by Gasteiger charge is -2.31. The number of sulfonamides is 1. The van der Waals surface area contributed by atoms with E-state index in [2.05, 4.69) is 0 Å². The van der Waals surface area contributed by atoms with Crippen molar-refractivity contribution in [2.24, 2.45) is 0 Å². The van der Waals surface area contributed by atoms with Crippen LogP contribution in [0.5, 0.6) is 0 Å². The molecule has 0 bridgehead atoms. The van der Waals surface area contributed by atoms with E-state index < -0.39 is 21.7 Å². The van der Waals surface area contributed by atoms with Gasteiger partial charge in [-0.15, -0.1) is 0 Å². The molecule has 0 aliphatic carbocycles. The Bertz CT molecular complexity index is 1100. The average Bonchev–Trinajstić information content (AvgIpc) is 3.18. The molecule has 6 nitrogen and oxygen atoms in total. The van der Waals surface area contributed by atoms with Crippen LogP contribution in [0.3, 0.4) is 0 Å². The molecule has 1 amide bonds. The number of amides is 1. The SMILES string of the molecule is CC(C)(C)OC(=O)N1CCC[C@H]1CCN(c1cc(Cl)ccc1Cl)S(=O)(=O)c1ccc(Cl)cc1. The number of hydrogen-bond donors (Lipinski definition) is 0. The summed E-state index contributed by atoms with van der Waals surface area (Å²) in [6.07, 6.45) is 1.61. The van der Waals surface area contributed by atoms with Gasteiger partial charge in [-0.2, -0.15) is 0 Å². The van der Waals surface area contributed by atoms with Crippen molar-refractivity contribution in [2.45, 2.75) is 56.6 Å². The Hall–Kier alpha value is -1.67. The maximum absolute atomic E-state index is 13.6. The van der Waals surface area contributed by atoms with Gasteiger partial charge >= 0.3 is 6.09 Å². The van der Waals surface area contributed by atoms with Crippen LogP contribution in [0.1, 0.15) is 40.0 Å². The molecule has 0 unspecified atom stereocenters. The summed E-state index contributed by atoms with van der Waals surface area (Å²) in [5, 5.41) is 1.05. The molecule has 0 spiro atoms. The molecule has 10 heteroatoms. The number of ether oxygens (including phenoxy) is 1. The van der Waals surface area contributed by atoms with Crippen LogP contribution in [0.4, 0.5) is 10.5 Å². The second-order valence-corrected chi connectivity index (χ2v) is 12.0. The van der Waals surface area contributed by atoms with Crippen LogP contribution in [-0.4, -0.2) is 44.1 Å². The van der Waals surface area contributed by atoms with Crippen molar-refractivity contribution in [3.8, 4) is 0 Å². The van der Waals surface area contributed by atoms with E-state index in [4.69, 9.17) is 39.5 Å². The summed E-state index contributed by atoms with van der Waals surface area (Å²) in [5.41, 5.74) is -0.330. The molecular formula is C23H27Cl3N2O4S. The molecule has 33 heavy (non-hydrogen) atoms. The summed E-state index contributed by atoms with van der Waals surface area (Å²) in [6, 6.07) is 10.5. The Morgan fingerprint density at radius 2 is 1.73 bits per heavy atom. The second kappa shape index (κ2) is 10.3. The maximum atomic E-state index is 13.6. The predicted octanol–water partition coefficient (Wildman–Crippen LogP) is 6.63. The van der Waals surface area contributed by atoms with Crippen molar-refractivity contribution < 1.29 is 17.9 Å². The van der Waals surface area contributed by atoms with Gasteiger partial charge in [0, 0.05) is 29.2 Å². The number of anilines is 1. The summed E-state index contributed by atoms with van der Waals surface area (Å²) in [6.45, 7) is 6.13. The van der Waals surface area contributed by atoms with Gasteiger partial charge in [-0.25, -0.2) is 13.2 Å². The van der Waals surface area contributed by atoms with Gasteiger partial charge in [0.15, 0.2) is 0 Å². The van der Waals surface area contributed by atoms with Crippen LogP contribution < -0.4 is 4.31 Å². The lowest BCUT2D eigenvalue weighted by atomic mass is 10.1. The highest BCUT2D eigenvalue weighted by atomic mass is 35.5. The normalized spacial score (nSPS) is 16.7. The first-order chi connectivity index (χ1) is 15.4. The summed E-state index contributed by atoms with van der Waals surface area (Å²) in [7, 11) is -3.97. The molecule has 1 saturated heterocycles. The van der Waals surface area contributed by atoms with Gasteiger partial charge in [-0.1, -0.05) is 34.8 Å².